The van der Waals surface area contributed by atoms with E-state index in [2.05, 4.69) is 11.6 Å². The van der Waals surface area contributed by atoms with Crippen LogP contribution in [0, 0.1) is 6.92 Å². The normalized spacial score (nSPS) is 8.33. The van der Waals surface area contributed by atoms with Gasteiger partial charge in [-0.1, -0.05) is 26.0 Å². The lowest BCUT2D eigenvalue weighted by atomic mass is 10.1. The van der Waals surface area contributed by atoms with E-state index in [9.17, 15) is 0 Å². The fourth-order valence-electron chi connectivity index (χ4n) is 0.811. The summed E-state index contributed by atoms with van der Waals surface area (Å²) in [5.41, 5.74) is 3.30. The van der Waals surface area contributed by atoms with Crippen molar-refractivity contribution in [3.8, 4) is 0 Å². The second kappa shape index (κ2) is 5.53. The number of hydrogen-bond donors (Lipinski definition) is 0. The van der Waals surface area contributed by atoms with Crippen molar-refractivity contribution < 1.29 is 0 Å². The number of pyridine rings is 1. The van der Waals surface area contributed by atoms with Gasteiger partial charge in [-0.25, -0.2) is 0 Å². The maximum atomic E-state index is 4.08. The molecule has 0 N–H and O–H groups in total. The van der Waals surface area contributed by atoms with Crippen molar-refractivity contribution in [3.05, 3.63) is 36.2 Å². The zero-order chi connectivity index (χ0) is 9.56. The quantitative estimate of drug-likeness (QED) is 0.618. The molecule has 0 atom stereocenters. The monoisotopic (exact) mass is 163 g/mol. The molecular formula is C11H17N. The van der Waals surface area contributed by atoms with E-state index in [1.807, 2.05) is 39.8 Å². The van der Waals surface area contributed by atoms with Crippen molar-refractivity contribution in [2.75, 3.05) is 0 Å². The molecule has 0 radical (unpaired) electrons. The number of aromatic nitrogens is 1. The highest BCUT2D eigenvalue weighted by atomic mass is 14.6. The van der Waals surface area contributed by atoms with Crippen LogP contribution >= 0.6 is 0 Å². The fourth-order valence-corrected chi connectivity index (χ4v) is 0.811. The largest absolute Gasteiger partial charge is 0.262 e. The van der Waals surface area contributed by atoms with E-state index in [1.54, 1.807) is 6.20 Å². The van der Waals surface area contributed by atoms with Crippen molar-refractivity contribution in [2.45, 2.75) is 27.7 Å². The number of aryl methyl sites for hydroxylation is 1. The zero-order valence-corrected chi connectivity index (χ0v) is 8.39. The van der Waals surface area contributed by atoms with Gasteiger partial charge >= 0.3 is 0 Å². The summed E-state index contributed by atoms with van der Waals surface area (Å²) < 4.78 is 0. The van der Waals surface area contributed by atoms with Gasteiger partial charge in [-0.2, -0.15) is 0 Å². The summed E-state index contributed by atoms with van der Waals surface area (Å²) in [6.45, 7) is 11.8. The van der Waals surface area contributed by atoms with E-state index in [0.29, 0.717) is 0 Å². The molecule has 1 nitrogen and oxygen atoms in total. The van der Waals surface area contributed by atoms with Crippen LogP contribution in [-0.4, -0.2) is 4.98 Å². The third-order valence-electron chi connectivity index (χ3n) is 1.39. The van der Waals surface area contributed by atoms with Crippen LogP contribution < -0.4 is 0 Å². The van der Waals surface area contributed by atoms with Crippen LogP contribution in [-0.2, 0) is 0 Å². The molecule has 1 aromatic heterocycles. The Hall–Kier alpha value is -1.11. The van der Waals surface area contributed by atoms with Gasteiger partial charge in [0.1, 0.15) is 0 Å². The summed E-state index contributed by atoms with van der Waals surface area (Å²) in [4.78, 5) is 4.08. The molecule has 1 heterocycles. The maximum absolute atomic E-state index is 4.08. The summed E-state index contributed by atoms with van der Waals surface area (Å²) in [7, 11) is 0. The zero-order valence-electron chi connectivity index (χ0n) is 8.39. The van der Waals surface area contributed by atoms with Gasteiger partial charge in [0, 0.05) is 11.9 Å². The van der Waals surface area contributed by atoms with Gasteiger partial charge in [-0.3, -0.25) is 4.98 Å². The lowest BCUT2D eigenvalue weighted by molar-refractivity contribution is 1.19. The Balaban J connectivity index is 0.000000561. The molecule has 0 saturated carbocycles. The minimum absolute atomic E-state index is 1.04. The minimum atomic E-state index is 1.04. The first-order valence-electron chi connectivity index (χ1n) is 4.28. The molecule has 0 aliphatic rings. The average molecular weight is 163 g/mol. The molecule has 12 heavy (non-hydrogen) atoms. The molecule has 0 spiro atoms. The summed E-state index contributed by atoms with van der Waals surface area (Å²) in [5.74, 6) is 0. The van der Waals surface area contributed by atoms with Gasteiger partial charge in [0.2, 0.25) is 0 Å². The van der Waals surface area contributed by atoms with E-state index in [-0.39, 0.29) is 0 Å². The Kier molecular flexibility index (Phi) is 5.02. The Labute approximate surface area is 75.2 Å². The molecule has 0 saturated heterocycles. The number of allylic oxidation sites excluding steroid dienone is 1. The maximum Gasteiger partial charge on any atom is 0.0378 e. The molecule has 66 valence electrons. The lowest BCUT2D eigenvalue weighted by Crippen LogP contribution is -1.82. The molecule has 0 aliphatic carbocycles. The molecule has 1 heteroatoms. The van der Waals surface area contributed by atoms with Crippen LogP contribution in [0.1, 0.15) is 32.0 Å². The molecular weight excluding hydrogens is 146 g/mol. The van der Waals surface area contributed by atoms with Crippen molar-refractivity contribution in [1.29, 1.82) is 0 Å². The van der Waals surface area contributed by atoms with Gasteiger partial charge in [-0.05, 0) is 31.5 Å². The Morgan fingerprint density at radius 2 is 2.00 bits per heavy atom. The lowest BCUT2D eigenvalue weighted by Gasteiger charge is -1.98. The van der Waals surface area contributed by atoms with E-state index >= 15 is 0 Å². The molecule has 1 rings (SSSR count). The standard InChI is InChI=1S/C9H11N.C2H6/c1-7(2)9-4-5-10-8(3)6-9;1-2/h4-6H,1H2,2-3H3;1-2H3. The van der Waals surface area contributed by atoms with Crippen LogP contribution in [0.2, 0.25) is 0 Å². The number of rotatable bonds is 1. The summed E-state index contributed by atoms with van der Waals surface area (Å²) in [6, 6.07) is 4.00. The molecule has 0 fully saturated rings. The van der Waals surface area contributed by atoms with Crippen LogP contribution in [0.25, 0.3) is 5.57 Å². The van der Waals surface area contributed by atoms with Gasteiger partial charge in [0.15, 0.2) is 0 Å². The van der Waals surface area contributed by atoms with E-state index in [1.165, 1.54) is 5.56 Å². The first-order chi connectivity index (χ1) is 5.70. The Bertz CT molecular complexity index is 251. The summed E-state index contributed by atoms with van der Waals surface area (Å²) in [5, 5.41) is 0. The van der Waals surface area contributed by atoms with Gasteiger partial charge < -0.3 is 0 Å². The average Bonchev–Trinajstić information content (AvgIpc) is 2.08. The highest BCUT2D eigenvalue weighted by molar-refractivity contribution is 5.60. The highest BCUT2D eigenvalue weighted by Gasteiger charge is 1.91. The summed E-state index contributed by atoms with van der Waals surface area (Å²) >= 11 is 0. The molecule has 0 unspecified atom stereocenters. The SMILES string of the molecule is C=C(C)c1ccnc(C)c1.CC. The smallest absolute Gasteiger partial charge is 0.0378 e. The molecule has 0 amide bonds. The predicted octanol–water partition coefficient (Wildman–Crippen LogP) is 3.45. The van der Waals surface area contributed by atoms with Crippen molar-refractivity contribution in [3.63, 3.8) is 0 Å². The third-order valence-corrected chi connectivity index (χ3v) is 1.39. The summed E-state index contributed by atoms with van der Waals surface area (Å²) in [6.07, 6.45) is 1.80. The van der Waals surface area contributed by atoms with Gasteiger partial charge in [0.05, 0.1) is 0 Å². The number of nitrogens with zero attached hydrogens (tertiary/aromatic N) is 1. The molecule has 0 aromatic carbocycles. The van der Waals surface area contributed by atoms with E-state index < -0.39 is 0 Å². The van der Waals surface area contributed by atoms with Gasteiger partial charge in [-0.15, -0.1) is 0 Å². The predicted molar refractivity (Wildman–Crippen MR) is 55.0 cm³/mol. The Morgan fingerprint density at radius 3 is 2.33 bits per heavy atom. The van der Waals surface area contributed by atoms with E-state index in [0.717, 1.165) is 11.3 Å². The first kappa shape index (κ1) is 10.9. The molecule has 0 aliphatic heterocycles. The highest BCUT2D eigenvalue weighted by Crippen LogP contribution is 2.10. The first-order valence-corrected chi connectivity index (χ1v) is 4.28. The van der Waals surface area contributed by atoms with Crippen LogP contribution in [0.5, 0.6) is 0 Å². The van der Waals surface area contributed by atoms with Crippen LogP contribution in [0.3, 0.4) is 0 Å². The number of hydrogen-bond acceptors (Lipinski definition) is 1. The topological polar surface area (TPSA) is 12.9 Å². The second-order valence-electron chi connectivity index (χ2n) is 2.47. The third kappa shape index (κ3) is 3.33. The van der Waals surface area contributed by atoms with Crippen molar-refractivity contribution in [2.24, 2.45) is 0 Å². The van der Waals surface area contributed by atoms with Crippen molar-refractivity contribution >= 4 is 5.57 Å². The minimum Gasteiger partial charge on any atom is -0.262 e. The van der Waals surface area contributed by atoms with Crippen molar-refractivity contribution in [1.82, 2.24) is 4.98 Å². The fraction of sp³-hybridized carbons (Fsp3) is 0.364. The van der Waals surface area contributed by atoms with Crippen LogP contribution in [0.15, 0.2) is 24.9 Å². The Morgan fingerprint density at radius 1 is 1.42 bits per heavy atom. The van der Waals surface area contributed by atoms with Crippen LogP contribution in [0.4, 0.5) is 0 Å². The molecule has 1 aromatic rings. The second-order valence-corrected chi connectivity index (χ2v) is 2.47. The van der Waals surface area contributed by atoms with Gasteiger partial charge in [0.25, 0.3) is 0 Å². The molecule has 0 bridgehead atoms. The van der Waals surface area contributed by atoms with E-state index in [4.69, 9.17) is 0 Å².